The first-order chi connectivity index (χ1) is 16.5. The predicted octanol–water partition coefficient (Wildman–Crippen LogP) is 5.23. The average molecular weight is 460 g/mol. The number of benzene rings is 3. The molecule has 1 aromatic heterocycles. The molecule has 4 aromatic rings. The zero-order valence-corrected chi connectivity index (χ0v) is 19.1. The summed E-state index contributed by atoms with van der Waals surface area (Å²) in [6.45, 7) is 2.17. The van der Waals surface area contributed by atoms with Gasteiger partial charge in [-0.3, -0.25) is 4.79 Å². The quantitative estimate of drug-likeness (QED) is 0.333. The lowest BCUT2D eigenvalue weighted by molar-refractivity contribution is 0.0492. The van der Waals surface area contributed by atoms with Crippen molar-refractivity contribution in [2.24, 2.45) is 0 Å². The zero-order chi connectivity index (χ0) is 24.1. The molecule has 0 aliphatic rings. The van der Waals surface area contributed by atoms with Crippen molar-refractivity contribution in [3.05, 3.63) is 88.3 Å². The minimum atomic E-state index is -0.734. The minimum absolute atomic E-state index is 0.0878. The SMILES string of the molecule is CCOC(=O)c1oc2cc(OCc3ccccc3)ccc2c(=O)c1-c1ccc(OC)c(OC)c1. The maximum Gasteiger partial charge on any atom is 0.375 e. The van der Waals surface area contributed by atoms with Gasteiger partial charge in [0.1, 0.15) is 17.9 Å². The summed E-state index contributed by atoms with van der Waals surface area (Å²) in [5.74, 6) is 0.495. The van der Waals surface area contributed by atoms with Gasteiger partial charge in [-0.2, -0.15) is 0 Å². The molecule has 0 bridgehead atoms. The van der Waals surface area contributed by atoms with Crippen LogP contribution in [-0.4, -0.2) is 26.8 Å². The number of ether oxygens (including phenoxy) is 4. The Morgan fingerprint density at radius 2 is 1.68 bits per heavy atom. The fraction of sp³-hybridized carbons (Fsp3) is 0.185. The highest BCUT2D eigenvalue weighted by atomic mass is 16.5. The van der Waals surface area contributed by atoms with E-state index in [1.165, 1.54) is 14.2 Å². The maximum absolute atomic E-state index is 13.5. The molecule has 4 rings (SSSR count). The van der Waals surface area contributed by atoms with E-state index in [1.807, 2.05) is 30.3 Å². The van der Waals surface area contributed by atoms with E-state index < -0.39 is 5.97 Å². The molecule has 0 saturated heterocycles. The molecule has 0 aliphatic carbocycles. The number of hydrogen-bond acceptors (Lipinski definition) is 7. The molecular formula is C27H24O7. The first-order valence-corrected chi connectivity index (χ1v) is 10.7. The van der Waals surface area contributed by atoms with Crippen LogP contribution < -0.4 is 19.6 Å². The topological polar surface area (TPSA) is 84.2 Å². The zero-order valence-electron chi connectivity index (χ0n) is 19.1. The summed E-state index contributed by atoms with van der Waals surface area (Å²) in [4.78, 5) is 26.3. The third-order valence-electron chi connectivity index (χ3n) is 5.25. The van der Waals surface area contributed by atoms with E-state index in [1.54, 1.807) is 43.3 Å². The lowest BCUT2D eigenvalue weighted by Crippen LogP contribution is -2.15. The van der Waals surface area contributed by atoms with Crippen LogP contribution in [0.25, 0.3) is 22.1 Å². The molecule has 0 saturated carbocycles. The summed E-state index contributed by atoms with van der Waals surface area (Å²) in [5.41, 5.74) is 1.39. The summed E-state index contributed by atoms with van der Waals surface area (Å²) < 4.78 is 27.6. The van der Waals surface area contributed by atoms with Gasteiger partial charge in [0.2, 0.25) is 11.2 Å². The first-order valence-electron chi connectivity index (χ1n) is 10.7. The standard InChI is InChI=1S/C27H24O7/c1-4-32-27(29)26-24(18-10-13-21(30-2)23(14-18)31-3)25(28)20-12-11-19(15-22(20)34-26)33-16-17-8-6-5-7-9-17/h5-15H,4,16H2,1-3H3. The highest BCUT2D eigenvalue weighted by molar-refractivity contribution is 5.98. The van der Waals surface area contributed by atoms with Crippen LogP contribution >= 0.6 is 0 Å². The Balaban J connectivity index is 1.82. The molecule has 0 spiro atoms. The van der Waals surface area contributed by atoms with Crippen molar-refractivity contribution in [1.82, 2.24) is 0 Å². The van der Waals surface area contributed by atoms with Crippen molar-refractivity contribution in [2.45, 2.75) is 13.5 Å². The number of fused-ring (bicyclic) bond motifs is 1. The Bertz CT molecular complexity index is 1370. The smallest absolute Gasteiger partial charge is 0.375 e. The lowest BCUT2D eigenvalue weighted by atomic mass is 10.0. The van der Waals surface area contributed by atoms with Gasteiger partial charge in [-0.1, -0.05) is 36.4 Å². The van der Waals surface area contributed by atoms with Gasteiger partial charge in [-0.15, -0.1) is 0 Å². The van der Waals surface area contributed by atoms with Crippen LogP contribution in [0.4, 0.5) is 0 Å². The molecule has 0 aliphatic heterocycles. The maximum atomic E-state index is 13.5. The minimum Gasteiger partial charge on any atom is -0.493 e. The molecule has 0 amide bonds. The van der Waals surface area contributed by atoms with Crippen LogP contribution in [0.3, 0.4) is 0 Å². The van der Waals surface area contributed by atoms with Crippen LogP contribution in [0.15, 0.2) is 75.9 Å². The van der Waals surface area contributed by atoms with Crippen LogP contribution in [0.2, 0.25) is 0 Å². The fourth-order valence-corrected chi connectivity index (χ4v) is 3.60. The number of rotatable bonds is 8. The second kappa shape index (κ2) is 10.1. The second-order valence-electron chi connectivity index (χ2n) is 7.36. The van der Waals surface area contributed by atoms with Crippen molar-refractivity contribution in [2.75, 3.05) is 20.8 Å². The lowest BCUT2D eigenvalue weighted by Gasteiger charge is -2.13. The summed E-state index contributed by atoms with van der Waals surface area (Å²) in [7, 11) is 3.01. The third-order valence-corrected chi connectivity index (χ3v) is 5.25. The number of carbonyl (C=O) groups is 1. The number of carbonyl (C=O) groups excluding carboxylic acids is 1. The van der Waals surface area contributed by atoms with Crippen LogP contribution in [0, 0.1) is 0 Å². The Morgan fingerprint density at radius 1 is 0.912 bits per heavy atom. The van der Waals surface area contributed by atoms with E-state index >= 15 is 0 Å². The van der Waals surface area contributed by atoms with Crippen LogP contribution in [0.1, 0.15) is 23.0 Å². The molecule has 174 valence electrons. The molecule has 0 atom stereocenters. The number of methoxy groups -OCH3 is 2. The molecule has 3 aromatic carbocycles. The molecule has 0 unspecified atom stereocenters. The van der Waals surface area contributed by atoms with Crippen molar-refractivity contribution in [1.29, 1.82) is 0 Å². The Hall–Kier alpha value is -4.26. The molecule has 34 heavy (non-hydrogen) atoms. The normalized spacial score (nSPS) is 10.7. The summed E-state index contributed by atoms with van der Waals surface area (Å²) in [6.07, 6.45) is 0. The summed E-state index contributed by atoms with van der Waals surface area (Å²) >= 11 is 0. The molecular weight excluding hydrogens is 436 g/mol. The van der Waals surface area contributed by atoms with Gasteiger partial charge in [-0.25, -0.2) is 4.79 Å². The van der Waals surface area contributed by atoms with E-state index in [4.69, 9.17) is 23.4 Å². The van der Waals surface area contributed by atoms with E-state index in [9.17, 15) is 9.59 Å². The largest absolute Gasteiger partial charge is 0.493 e. The van der Waals surface area contributed by atoms with Crippen LogP contribution in [0.5, 0.6) is 17.2 Å². The Morgan fingerprint density at radius 3 is 2.38 bits per heavy atom. The highest BCUT2D eigenvalue weighted by Crippen LogP contribution is 2.34. The highest BCUT2D eigenvalue weighted by Gasteiger charge is 2.24. The van der Waals surface area contributed by atoms with Gasteiger partial charge < -0.3 is 23.4 Å². The van der Waals surface area contributed by atoms with Crippen LogP contribution in [-0.2, 0) is 11.3 Å². The van der Waals surface area contributed by atoms with Gasteiger partial charge >= 0.3 is 5.97 Å². The fourth-order valence-electron chi connectivity index (χ4n) is 3.60. The molecule has 7 nitrogen and oxygen atoms in total. The van der Waals surface area contributed by atoms with E-state index in [-0.39, 0.29) is 28.9 Å². The molecule has 7 heteroatoms. The number of hydrogen-bond donors (Lipinski definition) is 0. The number of esters is 1. The molecule has 0 fully saturated rings. The molecule has 0 N–H and O–H groups in total. The van der Waals surface area contributed by atoms with Crippen molar-refractivity contribution >= 4 is 16.9 Å². The molecule has 0 radical (unpaired) electrons. The summed E-state index contributed by atoms with van der Waals surface area (Å²) in [5, 5.41) is 0.310. The van der Waals surface area contributed by atoms with E-state index in [0.29, 0.717) is 34.8 Å². The predicted molar refractivity (Wildman–Crippen MR) is 128 cm³/mol. The third kappa shape index (κ3) is 4.59. The average Bonchev–Trinajstić information content (AvgIpc) is 2.87. The van der Waals surface area contributed by atoms with Gasteiger partial charge in [-0.05, 0) is 42.3 Å². The van der Waals surface area contributed by atoms with Crippen molar-refractivity contribution in [3.8, 4) is 28.4 Å². The van der Waals surface area contributed by atoms with Gasteiger partial charge in [0, 0.05) is 6.07 Å². The van der Waals surface area contributed by atoms with Gasteiger partial charge in [0.15, 0.2) is 11.5 Å². The van der Waals surface area contributed by atoms with Crippen molar-refractivity contribution < 1.29 is 28.2 Å². The van der Waals surface area contributed by atoms with E-state index in [2.05, 4.69) is 0 Å². The second-order valence-corrected chi connectivity index (χ2v) is 7.36. The molecule has 1 heterocycles. The van der Waals surface area contributed by atoms with Gasteiger partial charge in [0.05, 0.1) is 31.8 Å². The Labute approximate surface area is 196 Å². The monoisotopic (exact) mass is 460 g/mol. The summed E-state index contributed by atoms with van der Waals surface area (Å²) in [6, 6.07) is 19.6. The Kier molecular flexibility index (Phi) is 6.82. The van der Waals surface area contributed by atoms with Crippen molar-refractivity contribution in [3.63, 3.8) is 0 Å². The van der Waals surface area contributed by atoms with E-state index in [0.717, 1.165) is 5.56 Å². The van der Waals surface area contributed by atoms with Gasteiger partial charge in [0.25, 0.3) is 0 Å². The first kappa shape index (κ1) is 22.9.